The van der Waals surface area contributed by atoms with Gasteiger partial charge >= 0.3 is 0 Å². The number of nitrogens with zero attached hydrogens (tertiary/aromatic N) is 1. The topological polar surface area (TPSA) is 38.3 Å². The largest absolute Gasteiger partial charge is 0.479 e. The standard InChI is InChI=1S/C10H12Cl2N2O/c1-14(2)10(13)6-15-9-5-7(11)3-4-8(9)12/h3-5,13H,6H2,1-2H3/p+1. The highest BCUT2D eigenvalue weighted by Crippen LogP contribution is 2.27. The van der Waals surface area contributed by atoms with Crippen molar-refractivity contribution >= 4 is 29.0 Å². The van der Waals surface area contributed by atoms with Crippen molar-refractivity contribution in [2.24, 2.45) is 5.73 Å². The van der Waals surface area contributed by atoms with Crippen molar-refractivity contribution in [2.45, 2.75) is 0 Å². The molecule has 0 bridgehead atoms. The molecular formula is C10H13Cl2N2O+. The highest BCUT2D eigenvalue weighted by atomic mass is 35.5. The van der Waals surface area contributed by atoms with Gasteiger partial charge in [-0.1, -0.05) is 23.2 Å². The van der Waals surface area contributed by atoms with Crippen molar-refractivity contribution in [3.8, 4) is 5.75 Å². The Morgan fingerprint density at radius 1 is 1.40 bits per heavy atom. The maximum atomic E-state index is 5.91. The minimum Gasteiger partial charge on any atom is -0.479 e. The highest BCUT2D eigenvalue weighted by Gasteiger charge is 2.06. The van der Waals surface area contributed by atoms with Crippen LogP contribution in [-0.2, 0) is 0 Å². The molecule has 0 fully saturated rings. The van der Waals surface area contributed by atoms with E-state index in [1.807, 2.05) is 14.1 Å². The third kappa shape index (κ3) is 3.61. The van der Waals surface area contributed by atoms with Crippen molar-refractivity contribution in [1.29, 1.82) is 0 Å². The molecule has 0 spiro atoms. The Morgan fingerprint density at radius 3 is 2.67 bits per heavy atom. The molecule has 0 aliphatic rings. The van der Waals surface area contributed by atoms with Gasteiger partial charge in [-0.25, -0.2) is 0 Å². The van der Waals surface area contributed by atoms with E-state index in [0.29, 0.717) is 21.6 Å². The maximum Gasteiger partial charge on any atom is 0.280 e. The summed E-state index contributed by atoms with van der Waals surface area (Å²) in [6.07, 6.45) is 0. The normalized spacial score (nSPS) is 9.87. The zero-order valence-corrected chi connectivity index (χ0v) is 10.1. The van der Waals surface area contributed by atoms with Crippen LogP contribution < -0.4 is 10.5 Å². The molecule has 0 amide bonds. The molecule has 82 valence electrons. The van der Waals surface area contributed by atoms with Crippen LogP contribution in [0.1, 0.15) is 0 Å². The Kier molecular flexibility index (Phi) is 4.24. The summed E-state index contributed by atoms with van der Waals surface area (Å²) in [5, 5.41) is 1.10. The SMILES string of the molecule is C[N+](C)=C(N)COc1cc(Cl)ccc1Cl. The van der Waals surface area contributed by atoms with Crippen molar-refractivity contribution in [2.75, 3.05) is 20.7 Å². The monoisotopic (exact) mass is 247 g/mol. The van der Waals surface area contributed by atoms with E-state index in [-0.39, 0.29) is 6.61 Å². The van der Waals surface area contributed by atoms with E-state index in [1.54, 1.807) is 22.8 Å². The fraction of sp³-hybridized carbons (Fsp3) is 0.300. The van der Waals surface area contributed by atoms with Gasteiger partial charge in [0.15, 0.2) is 6.61 Å². The molecule has 2 N–H and O–H groups in total. The molecule has 1 aromatic carbocycles. The lowest BCUT2D eigenvalue weighted by Crippen LogP contribution is -2.29. The van der Waals surface area contributed by atoms with Gasteiger partial charge in [0.05, 0.1) is 19.1 Å². The molecule has 0 aromatic heterocycles. The van der Waals surface area contributed by atoms with Crippen molar-refractivity contribution in [3.05, 3.63) is 28.2 Å². The summed E-state index contributed by atoms with van der Waals surface area (Å²) in [4.78, 5) is 0. The molecule has 3 nitrogen and oxygen atoms in total. The average Bonchev–Trinajstić information content (AvgIpc) is 2.18. The Morgan fingerprint density at radius 2 is 2.07 bits per heavy atom. The van der Waals surface area contributed by atoms with Gasteiger partial charge in [0.25, 0.3) is 5.84 Å². The predicted octanol–water partition coefficient (Wildman–Crippen LogP) is 2.00. The van der Waals surface area contributed by atoms with Gasteiger partial charge in [-0.3, -0.25) is 10.3 Å². The minimum atomic E-state index is 0.285. The molecule has 0 saturated carbocycles. The number of rotatable bonds is 3. The van der Waals surface area contributed by atoms with Gasteiger partial charge in [-0.2, -0.15) is 0 Å². The van der Waals surface area contributed by atoms with E-state index >= 15 is 0 Å². The summed E-state index contributed by atoms with van der Waals surface area (Å²) in [5.41, 5.74) is 5.69. The first kappa shape index (κ1) is 12.1. The van der Waals surface area contributed by atoms with Crippen molar-refractivity contribution in [1.82, 2.24) is 0 Å². The first-order valence-corrected chi connectivity index (χ1v) is 5.12. The molecule has 0 heterocycles. The molecular weight excluding hydrogens is 235 g/mol. The Balaban J connectivity index is 2.73. The summed E-state index contributed by atoms with van der Waals surface area (Å²) < 4.78 is 7.20. The smallest absolute Gasteiger partial charge is 0.280 e. The first-order valence-electron chi connectivity index (χ1n) is 4.37. The van der Waals surface area contributed by atoms with E-state index in [4.69, 9.17) is 33.7 Å². The van der Waals surface area contributed by atoms with Crippen molar-refractivity contribution < 1.29 is 9.31 Å². The quantitative estimate of drug-likeness (QED) is 0.504. The molecule has 0 aliphatic heterocycles. The van der Waals surface area contributed by atoms with E-state index < -0.39 is 0 Å². The Labute approximate surface area is 99.1 Å². The lowest BCUT2D eigenvalue weighted by Gasteiger charge is -2.06. The van der Waals surface area contributed by atoms with Crippen LogP contribution in [0.15, 0.2) is 18.2 Å². The number of nitrogens with two attached hydrogens (primary N) is 1. The van der Waals surface area contributed by atoms with Crippen LogP contribution in [0.4, 0.5) is 0 Å². The fourth-order valence-corrected chi connectivity index (χ4v) is 1.20. The molecule has 0 unspecified atom stereocenters. The van der Waals surface area contributed by atoms with Gasteiger partial charge in [0.1, 0.15) is 5.75 Å². The summed E-state index contributed by atoms with van der Waals surface area (Å²) in [5.74, 6) is 1.15. The van der Waals surface area contributed by atoms with Crippen LogP contribution in [-0.4, -0.2) is 31.1 Å². The first-order chi connectivity index (χ1) is 7.00. The van der Waals surface area contributed by atoms with Crippen LogP contribution in [0.2, 0.25) is 10.0 Å². The third-order valence-corrected chi connectivity index (χ3v) is 2.39. The van der Waals surface area contributed by atoms with E-state index in [1.165, 1.54) is 0 Å². The fourth-order valence-electron chi connectivity index (χ4n) is 0.869. The van der Waals surface area contributed by atoms with Crippen LogP contribution in [0.5, 0.6) is 5.75 Å². The summed E-state index contributed by atoms with van der Waals surface area (Å²) in [6, 6.07) is 5.05. The number of hydrogen-bond donors (Lipinski definition) is 1. The van der Waals surface area contributed by atoms with E-state index in [2.05, 4.69) is 0 Å². The lowest BCUT2D eigenvalue weighted by molar-refractivity contribution is -0.467. The third-order valence-electron chi connectivity index (χ3n) is 1.84. The minimum absolute atomic E-state index is 0.285. The molecule has 1 aromatic rings. The van der Waals surface area contributed by atoms with E-state index in [9.17, 15) is 0 Å². The Bertz CT molecular complexity index is 387. The molecule has 0 radical (unpaired) electrons. The summed E-state index contributed by atoms with van der Waals surface area (Å²) in [6.45, 7) is 0.285. The molecule has 0 atom stereocenters. The van der Waals surface area contributed by atoms with Crippen LogP contribution in [0.3, 0.4) is 0 Å². The summed E-state index contributed by atoms with van der Waals surface area (Å²) in [7, 11) is 3.69. The molecule has 15 heavy (non-hydrogen) atoms. The van der Waals surface area contributed by atoms with E-state index in [0.717, 1.165) is 0 Å². The van der Waals surface area contributed by atoms with Crippen LogP contribution >= 0.6 is 23.2 Å². The zero-order valence-electron chi connectivity index (χ0n) is 8.63. The zero-order chi connectivity index (χ0) is 11.4. The number of benzene rings is 1. The number of amidine groups is 1. The lowest BCUT2D eigenvalue weighted by atomic mass is 10.3. The number of halogens is 2. The second-order valence-electron chi connectivity index (χ2n) is 3.25. The second kappa shape index (κ2) is 5.24. The molecule has 0 aliphatic carbocycles. The van der Waals surface area contributed by atoms with Crippen LogP contribution in [0, 0.1) is 0 Å². The predicted molar refractivity (Wildman–Crippen MR) is 63.3 cm³/mol. The highest BCUT2D eigenvalue weighted by molar-refractivity contribution is 6.34. The molecule has 0 saturated heterocycles. The average molecular weight is 248 g/mol. The molecule has 1 rings (SSSR count). The second-order valence-corrected chi connectivity index (χ2v) is 4.09. The maximum absolute atomic E-state index is 5.91. The van der Waals surface area contributed by atoms with Gasteiger partial charge in [-0.05, 0) is 12.1 Å². The number of hydrogen-bond acceptors (Lipinski definition) is 1. The summed E-state index contributed by atoms with van der Waals surface area (Å²) >= 11 is 11.7. The molecule has 5 heteroatoms. The van der Waals surface area contributed by atoms with Gasteiger partial charge < -0.3 is 4.74 Å². The van der Waals surface area contributed by atoms with Gasteiger partial charge in [0, 0.05) is 11.1 Å². The van der Waals surface area contributed by atoms with Crippen LogP contribution in [0.25, 0.3) is 0 Å². The van der Waals surface area contributed by atoms with Crippen molar-refractivity contribution in [3.63, 3.8) is 0 Å². The van der Waals surface area contributed by atoms with Gasteiger partial charge in [-0.15, -0.1) is 0 Å². The van der Waals surface area contributed by atoms with Gasteiger partial charge in [0.2, 0.25) is 0 Å². The Hall–Kier alpha value is -0.930. The number of ether oxygens (including phenoxy) is 1.